The fourth-order valence-corrected chi connectivity index (χ4v) is 2.77. The van der Waals surface area contributed by atoms with Gasteiger partial charge >= 0.3 is 0 Å². The van der Waals surface area contributed by atoms with Gasteiger partial charge in [0.25, 0.3) is 0 Å². The SMILES string of the molecule is CSc1sccc1C1OCCO1. The maximum Gasteiger partial charge on any atom is 0.185 e. The van der Waals surface area contributed by atoms with Crippen LogP contribution in [0.4, 0.5) is 0 Å². The summed E-state index contributed by atoms with van der Waals surface area (Å²) in [6.45, 7) is 1.43. The van der Waals surface area contributed by atoms with Crippen LogP contribution < -0.4 is 0 Å². The van der Waals surface area contributed by atoms with Crippen LogP contribution in [0.15, 0.2) is 15.7 Å². The highest BCUT2D eigenvalue weighted by Crippen LogP contribution is 2.34. The molecule has 1 aromatic heterocycles. The first-order chi connectivity index (χ1) is 5.92. The van der Waals surface area contributed by atoms with Crippen molar-refractivity contribution < 1.29 is 9.47 Å². The Bertz CT molecular complexity index is 253. The van der Waals surface area contributed by atoms with E-state index in [0.29, 0.717) is 13.2 Å². The van der Waals surface area contributed by atoms with Gasteiger partial charge in [-0.05, 0) is 17.7 Å². The molecule has 2 nitrogen and oxygen atoms in total. The van der Waals surface area contributed by atoms with Crippen LogP contribution >= 0.6 is 23.1 Å². The second-order valence-electron chi connectivity index (χ2n) is 2.44. The standard InChI is InChI=1S/C8H10O2S2/c1-11-8-6(2-5-12-8)7-9-3-4-10-7/h2,5,7H,3-4H2,1H3. The number of ether oxygens (including phenoxy) is 2. The molecule has 0 aromatic carbocycles. The predicted molar refractivity (Wildman–Crippen MR) is 50.7 cm³/mol. The molecule has 2 heterocycles. The van der Waals surface area contributed by atoms with Crippen LogP contribution in [0.1, 0.15) is 11.9 Å². The molecule has 1 aromatic rings. The Labute approximate surface area is 79.9 Å². The van der Waals surface area contributed by atoms with Crippen LogP contribution in [0.5, 0.6) is 0 Å². The van der Waals surface area contributed by atoms with Crippen molar-refractivity contribution in [2.75, 3.05) is 19.5 Å². The summed E-state index contributed by atoms with van der Waals surface area (Å²) in [4.78, 5) is 0. The number of thioether (sulfide) groups is 1. The molecular weight excluding hydrogens is 192 g/mol. The molecule has 0 saturated carbocycles. The van der Waals surface area contributed by atoms with Crippen LogP contribution in [0.25, 0.3) is 0 Å². The van der Waals surface area contributed by atoms with Crippen LogP contribution in [0.2, 0.25) is 0 Å². The number of rotatable bonds is 2. The Kier molecular flexibility index (Phi) is 2.70. The molecule has 1 saturated heterocycles. The molecule has 2 rings (SSSR count). The summed E-state index contributed by atoms with van der Waals surface area (Å²) in [6.07, 6.45) is 1.96. The molecular formula is C8H10O2S2. The highest BCUT2D eigenvalue weighted by molar-refractivity contribution is 8.00. The van der Waals surface area contributed by atoms with E-state index in [1.54, 1.807) is 23.1 Å². The van der Waals surface area contributed by atoms with E-state index in [1.165, 1.54) is 9.77 Å². The van der Waals surface area contributed by atoms with E-state index in [1.807, 2.05) is 0 Å². The molecule has 0 bridgehead atoms. The Morgan fingerprint density at radius 2 is 2.25 bits per heavy atom. The third-order valence-electron chi connectivity index (χ3n) is 1.72. The minimum Gasteiger partial charge on any atom is -0.346 e. The molecule has 0 N–H and O–H groups in total. The van der Waals surface area contributed by atoms with E-state index in [2.05, 4.69) is 17.7 Å². The summed E-state index contributed by atoms with van der Waals surface area (Å²) >= 11 is 3.49. The van der Waals surface area contributed by atoms with E-state index in [0.717, 1.165) is 0 Å². The van der Waals surface area contributed by atoms with Crippen molar-refractivity contribution in [3.8, 4) is 0 Å². The quantitative estimate of drug-likeness (QED) is 0.687. The van der Waals surface area contributed by atoms with Gasteiger partial charge in [-0.1, -0.05) is 0 Å². The first-order valence-corrected chi connectivity index (χ1v) is 5.87. The van der Waals surface area contributed by atoms with Gasteiger partial charge in [0.2, 0.25) is 0 Å². The molecule has 0 amide bonds. The predicted octanol–water partition coefficient (Wildman–Crippen LogP) is 2.52. The first kappa shape index (κ1) is 8.56. The lowest BCUT2D eigenvalue weighted by atomic mass is 10.3. The summed E-state index contributed by atoms with van der Waals surface area (Å²) < 4.78 is 12.1. The first-order valence-electron chi connectivity index (χ1n) is 3.76. The molecule has 0 aliphatic carbocycles. The molecule has 66 valence electrons. The zero-order valence-corrected chi connectivity index (χ0v) is 8.41. The van der Waals surface area contributed by atoms with Crippen molar-refractivity contribution in [3.05, 3.63) is 17.0 Å². The Morgan fingerprint density at radius 1 is 1.50 bits per heavy atom. The third-order valence-corrected chi connectivity index (χ3v) is 3.84. The van der Waals surface area contributed by atoms with Crippen molar-refractivity contribution >= 4 is 23.1 Å². The van der Waals surface area contributed by atoms with Gasteiger partial charge in [0, 0.05) is 5.56 Å². The van der Waals surface area contributed by atoms with Crippen LogP contribution in [0, 0.1) is 0 Å². The van der Waals surface area contributed by atoms with Crippen molar-refractivity contribution in [3.63, 3.8) is 0 Å². The summed E-state index contributed by atoms with van der Waals surface area (Å²) in [5.41, 5.74) is 1.19. The van der Waals surface area contributed by atoms with E-state index in [-0.39, 0.29) is 6.29 Å². The Balaban J connectivity index is 2.19. The van der Waals surface area contributed by atoms with Crippen molar-refractivity contribution in [2.24, 2.45) is 0 Å². The minimum atomic E-state index is -0.112. The molecule has 0 spiro atoms. The van der Waals surface area contributed by atoms with Gasteiger partial charge in [0.1, 0.15) is 0 Å². The smallest absolute Gasteiger partial charge is 0.185 e. The van der Waals surface area contributed by atoms with Gasteiger partial charge < -0.3 is 9.47 Å². The van der Waals surface area contributed by atoms with E-state index < -0.39 is 0 Å². The monoisotopic (exact) mass is 202 g/mol. The average Bonchev–Trinajstić information content (AvgIpc) is 2.74. The maximum atomic E-state index is 5.41. The molecule has 0 atom stereocenters. The molecule has 1 aliphatic heterocycles. The topological polar surface area (TPSA) is 18.5 Å². The lowest BCUT2D eigenvalue weighted by Gasteiger charge is -2.08. The fourth-order valence-electron chi connectivity index (χ4n) is 1.18. The highest BCUT2D eigenvalue weighted by Gasteiger charge is 2.21. The van der Waals surface area contributed by atoms with Crippen LogP contribution in [-0.2, 0) is 9.47 Å². The summed E-state index contributed by atoms with van der Waals surface area (Å²) in [5.74, 6) is 0. The molecule has 12 heavy (non-hydrogen) atoms. The van der Waals surface area contributed by atoms with Gasteiger partial charge in [0.15, 0.2) is 6.29 Å². The largest absolute Gasteiger partial charge is 0.346 e. The lowest BCUT2D eigenvalue weighted by Crippen LogP contribution is -1.96. The summed E-state index contributed by atoms with van der Waals surface area (Å²) in [5, 5.41) is 2.08. The van der Waals surface area contributed by atoms with Crippen molar-refractivity contribution in [1.29, 1.82) is 0 Å². The number of hydrogen-bond acceptors (Lipinski definition) is 4. The van der Waals surface area contributed by atoms with Crippen LogP contribution in [-0.4, -0.2) is 19.5 Å². The zero-order valence-electron chi connectivity index (χ0n) is 6.78. The normalized spacial score (nSPS) is 18.8. The second kappa shape index (κ2) is 3.79. The van der Waals surface area contributed by atoms with E-state index in [9.17, 15) is 0 Å². The minimum absolute atomic E-state index is 0.112. The third kappa shape index (κ3) is 1.52. The summed E-state index contributed by atoms with van der Waals surface area (Å²) in [6, 6.07) is 2.08. The van der Waals surface area contributed by atoms with Gasteiger partial charge in [-0.3, -0.25) is 0 Å². The van der Waals surface area contributed by atoms with Crippen molar-refractivity contribution in [2.45, 2.75) is 10.5 Å². The lowest BCUT2D eigenvalue weighted by molar-refractivity contribution is -0.0455. The molecule has 1 fully saturated rings. The Morgan fingerprint density at radius 3 is 2.92 bits per heavy atom. The highest BCUT2D eigenvalue weighted by atomic mass is 32.2. The number of thiophene rings is 1. The molecule has 1 aliphatic rings. The van der Waals surface area contributed by atoms with Crippen LogP contribution in [0.3, 0.4) is 0 Å². The van der Waals surface area contributed by atoms with E-state index >= 15 is 0 Å². The second-order valence-corrected chi connectivity index (χ2v) is 4.43. The molecule has 0 unspecified atom stereocenters. The summed E-state index contributed by atoms with van der Waals surface area (Å²) in [7, 11) is 0. The molecule has 4 heteroatoms. The molecule has 0 radical (unpaired) electrons. The van der Waals surface area contributed by atoms with Gasteiger partial charge in [0.05, 0.1) is 17.4 Å². The van der Waals surface area contributed by atoms with Crippen molar-refractivity contribution in [1.82, 2.24) is 0 Å². The number of hydrogen-bond donors (Lipinski definition) is 0. The maximum absolute atomic E-state index is 5.41. The average molecular weight is 202 g/mol. The Hall–Kier alpha value is -0.0300. The van der Waals surface area contributed by atoms with Gasteiger partial charge in [-0.25, -0.2) is 0 Å². The zero-order chi connectivity index (χ0) is 8.39. The van der Waals surface area contributed by atoms with Gasteiger partial charge in [-0.15, -0.1) is 23.1 Å². The van der Waals surface area contributed by atoms with Gasteiger partial charge in [-0.2, -0.15) is 0 Å². The van der Waals surface area contributed by atoms with E-state index in [4.69, 9.17) is 9.47 Å². The fraction of sp³-hybridized carbons (Fsp3) is 0.500.